The van der Waals surface area contributed by atoms with Crippen LogP contribution in [0.4, 0.5) is 5.69 Å². The van der Waals surface area contributed by atoms with Gasteiger partial charge in [0, 0.05) is 4.47 Å². The van der Waals surface area contributed by atoms with E-state index in [2.05, 4.69) is 21.2 Å². The fraction of sp³-hybridized carbons (Fsp3) is 0.0588. The quantitative estimate of drug-likeness (QED) is 0.668. The van der Waals surface area contributed by atoms with Crippen molar-refractivity contribution in [3.05, 3.63) is 62.9 Å². The van der Waals surface area contributed by atoms with Crippen LogP contribution in [-0.4, -0.2) is 18.1 Å². The molecule has 0 radical (unpaired) electrons. The molecule has 0 aliphatic rings. The molecule has 3 aromatic rings. The maximum absolute atomic E-state index is 12.5. The topological polar surface area (TPSA) is 88.8 Å². The van der Waals surface area contributed by atoms with Gasteiger partial charge in [-0.25, -0.2) is 4.79 Å². The molecule has 1 aromatic heterocycles. The van der Waals surface area contributed by atoms with E-state index in [1.54, 1.807) is 42.5 Å². The van der Waals surface area contributed by atoms with E-state index >= 15 is 0 Å². The van der Waals surface area contributed by atoms with Crippen molar-refractivity contribution in [1.29, 1.82) is 0 Å². The van der Waals surface area contributed by atoms with E-state index in [4.69, 9.17) is 9.15 Å². The molecule has 1 heterocycles. The van der Waals surface area contributed by atoms with Crippen LogP contribution in [0.25, 0.3) is 11.0 Å². The largest absolute Gasteiger partial charge is 0.505 e. The van der Waals surface area contributed by atoms with Crippen LogP contribution >= 0.6 is 15.9 Å². The van der Waals surface area contributed by atoms with Crippen molar-refractivity contribution in [3.8, 4) is 11.5 Å². The number of rotatable bonds is 3. The molecule has 0 saturated carbocycles. The predicted octanol–water partition coefficient (Wildman–Crippen LogP) is 3.52. The minimum atomic E-state index is -0.839. The molecule has 2 aromatic carbocycles. The number of benzene rings is 2. The summed E-state index contributed by atoms with van der Waals surface area (Å²) in [4.78, 5) is 24.5. The smallest absolute Gasteiger partial charge is 0.364 e. The summed E-state index contributed by atoms with van der Waals surface area (Å²) in [5.41, 5.74) is -0.717. The number of aromatic hydroxyl groups is 1. The van der Waals surface area contributed by atoms with E-state index in [0.717, 1.165) is 0 Å². The van der Waals surface area contributed by atoms with E-state index < -0.39 is 11.5 Å². The molecule has 0 atom stereocenters. The Kier molecular flexibility index (Phi) is 4.26. The number of hydrogen-bond donors (Lipinski definition) is 2. The second kappa shape index (κ2) is 6.37. The summed E-state index contributed by atoms with van der Waals surface area (Å²) in [6.07, 6.45) is 0. The highest BCUT2D eigenvalue weighted by Gasteiger charge is 2.19. The van der Waals surface area contributed by atoms with E-state index in [1.165, 1.54) is 7.11 Å². The van der Waals surface area contributed by atoms with E-state index in [9.17, 15) is 14.7 Å². The van der Waals surface area contributed by atoms with Gasteiger partial charge in [-0.3, -0.25) is 4.79 Å². The Balaban J connectivity index is 2.06. The summed E-state index contributed by atoms with van der Waals surface area (Å²) in [7, 11) is 1.43. The van der Waals surface area contributed by atoms with Crippen LogP contribution in [0.15, 0.2) is 56.1 Å². The Morgan fingerprint density at radius 2 is 2.00 bits per heavy atom. The Morgan fingerprint density at radius 3 is 2.75 bits per heavy atom. The molecular formula is C17H12BrNO5. The third-order valence-electron chi connectivity index (χ3n) is 3.43. The maximum atomic E-state index is 12.5. The van der Waals surface area contributed by atoms with Crippen LogP contribution in [0.1, 0.15) is 10.4 Å². The molecule has 0 saturated heterocycles. The Labute approximate surface area is 144 Å². The third-order valence-corrected chi connectivity index (χ3v) is 3.92. The van der Waals surface area contributed by atoms with Crippen LogP contribution in [0, 0.1) is 0 Å². The minimum absolute atomic E-state index is 0.207. The van der Waals surface area contributed by atoms with Crippen LogP contribution in [0.5, 0.6) is 11.5 Å². The molecule has 0 unspecified atom stereocenters. The average molecular weight is 390 g/mol. The maximum Gasteiger partial charge on any atom is 0.364 e. The first-order valence-electron chi connectivity index (χ1n) is 6.91. The minimum Gasteiger partial charge on any atom is -0.505 e. The van der Waals surface area contributed by atoms with Gasteiger partial charge in [0.2, 0.25) is 0 Å². The van der Waals surface area contributed by atoms with Crippen molar-refractivity contribution in [2.24, 2.45) is 0 Å². The van der Waals surface area contributed by atoms with Gasteiger partial charge in [0.15, 0.2) is 11.4 Å². The van der Waals surface area contributed by atoms with E-state index in [0.29, 0.717) is 15.6 Å². The number of ether oxygens (including phenoxy) is 1. The van der Waals surface area contributed by atoms with Gasteiger partial charge in [0.05, 0.1) is 18.1 Å². The molecule has 24 heavy (non-hydrogen) atoms. The molecular weight excluding hydrogens is 378 g/mol. The fourth-order valence-electron chi connectivity index (χ4n) is 2.28. The standard InChI is InChI=1S/C17H12BrNO5/c1-23-12-7-6-9(18)8-11(12)16(21)19-14-15(20)10-4-2-3-5-13(10)24-17(14)22/h2-8,20H,1H3,(H,19,21). The zero-order chi connectivity index (χ0) is 17.3. The highest BCUT2D eigenvalue weighted by atomic mass is 79.9. The van der Waals surface area contributed by atoms with Gasteiger partial charge in [-0.15, -0.1) is 0 Å². The molecule has 7 heteroatoms. The number of methoxy groups -OCH3 is 1. The normalized spacial score (nSPS) is 10.6. The molecule has 122 valence electrons. The lowest BCUT2D eigenvalue weighted by Gasteiger charge is -2.11. The first-order valence-corrected chi connectivity index (χ1v) is 7.70. The average Bonchev–Trinajstić information content (AvgIpc) is 2.58. The molecule has 2 N–H and O–H groups in total. The van der Waals surface area contributed by atoms with Crippen LogP contribution in [-0.2, 0) is 0 Å². The zero-order valence-electron chi connectivity index (χ0n) is 12.5. The van der Waals surface area contributed by atoms with E-state index in [-0.39, 0.29) is 22.6 Å². The molecule has 0 fully saturated rings. The van der Waals surface area contributed by atoms with Crippen molar-refractivity contribution >= 4 is 38.5 Å². The van der Waals surface area contributed by atoms with Gasteiger partial charge >= 0.3 is 5.63 Å². The van der Waals surface area contributed by atoms with Crippen LogP contribution < -0.4 is 15.7 Å². The molecule has 0 aliphatic heterocycles. The Morgan fingerprint density at radius 1 is 1.25 bits per heavy atom. The SMILES string of the molecule is COc1ccc(Br)cc1C(=O)Nc1c(O)c2ccccc2oc1=O. The number of para-hydroxylation sites is 1. The molecule has 6 nitrogen and oxygen atoms in total. The van der Waals surface area contributed by atoms with Gasteiger partial charge in [-0.05, 0) is 30.3 Å². The highest BCUT2D eigenvalue weighted by molar-refractivity contribution is 9.10. The van der Waals surface area contributed by atoms with Crippen molar-refractivity contribution in [2.45, 2.75) is 0 Å². The molecule has 0 aliphatic carbocycles. The van der Waals surface area contributed by atoms with Crippen molar-refractivity contribution in [3.63, 3.8) is 0 Å². The van der Waals surface area contributed by atoms with Gasteiger partial charge in [0.1, 0.15) is 11.3 Å². The first-order chi connectivity index (χ1) is 11.5. The number of halogens is 1. The van der Waals surface area contributed by atoms with Crippen LogP contribution in [0.2, 0.25) is 0 Å². The zero-order valence-corrected chi connectivity index (χ0v) is 14.1. The Bertz CT molecular complexity index is 996. The lowest BCUT2D eigenvalue weighted by Crippen LogP contribution is -2.18. The highest BCUT2D eigenvalue weighted by Crippen LogP contribution is 2.30. The number of nitrogens with one attached hydrogen (secondary N) is 1. The summed E-state index contributed by atoms with van der Waals surface area (Å²) in [6.45, 7) is 0. The van der Waals surface area contributed by atoms with Crippen molar-refractivity contribution in [2.75, 3.05) is 12.4 Å². The van der Waals surface area contributed by atoms with Crippen molar-refractivity contribution < 1.29 is 19.1 Å². The number of anilines is 1. The Hall–Kier alpha value is -2.80. The number of amides is 1. The molecule has 0 bridgehead atoms. The number of carbonyl (C=O) groups is 1. The molecule has 0 spiro atoms. The first kappa shape index (κ1) is 16.1. The lowest BCUT2D eigenvalue weighted by molar-refractivity contribution is 0.102. The van der Waals surface area contributed by atoms with Gasteiger partial charge in [-0.1, -0.05) is 28.1 Å². The van der Waals surface area contributed by atoms with Gasteiger partial charge in [0.25, 0.3) is 5.91 Å². The summed E-state index contributed by atoms with van der Waals surface area (Å²) < 4.78 is 10.9. The fourth-order valence-corrected chi connectivity index (χ4v) is 2.64. The summed E-state index contributed by atoms with van der Waals surface area (Å²) in [5, 5.41) is 13.0. The lowest BCUT2D eigenvalue weighted by atomic mass is 10.1. The number of hydrogen-bond acceptors (Lipinski definition) is 5. The van der Waals surface area contributed by atoms with E-state index in [1.807, 2.05) is 0 Å². The van der Waals surface area contributed by atoms with Crippen molar-refractivity contribution in [1.82, 2.24) is 0 Å². The van der Waals surface area contributed by atoms with Gasteiger partial charge in [-0.2, -0.15) is 0 Å². The monoisotopic (exact) mass is 389 g/mol. The van der Waals surface area contributed by atoms with Gasteiger partial charge < -0.3 is 19.6 Å². The molecule has 3 rings (SSSR count). The number of fused-ring (bicyclic) bond motifs is 1. The number of carbonyl (C=O) groups excluding carboxylic acids is 1. The second-order valence-electron chi connectivity index (χ2n) is 4.91. The third kappa shape index (κ3) is 2.85. The summed E-state index contributed by atoms with van der Waals surface area (Å²) in [5.74, 6) is -0.615. The summed E-state index contributed by atoms with van der Waals surface area (Å²) in [6, 6.07) is 11.4. The van der Waals surface area contributed by atoms with Crippen LogP contribution in [0.3, 0.4) is 0 Å². The summed E-state index contributed by atoms with van der Waals surface area (Å²) >= 11 is 3.28. The predicted molar refractivity (Wildman–Crippen MR) is 92.8 cm³/mol. The second-order valence-corrected chi connectivity index (χ2v) is 5.82. The molecule has 1 amide bonds.